The Bertz CT molecular complexity index is 2310. The van der Waals surface area contributed by atoms with Crippen LogP contribution in [0.5, 0.6) is 11.5 Å². The van der Waals surface area contributed by atoms with Crippen molar-refractivity contribution in [3.05, 3.63) is 93.5 Å². The van der Waals surface area contributed by atoms with Crippen LogP contribution in [0.25, 0.3) is 0 Å². The van der Waals surface area contributed by atoms with E-state index in [9.17, 15) is 29.2 Å². The molecule has 3 aliphatic heterocycles. The molecular formula is C48H56N6O8. The van der Waals surface area contributed by atoms with Gasteiger partial charge in [-0.15, -0.1) is 0 Å². The number of hydrogen-bond acceptors (Lipinski definition) is 11. The molecule has 2 saturated heterocycles. The number of carbonyl (C=O) groups excluding carboxylic acids is 5. The zero-order valence-corrected chi connectivity index (χ0v) is 36.6. The molecule has 0 radical (unpaired) electrons. The maximum absolute atomic E-state index is 13.6. The van der Waals surface area contributed by atoms with Crippen LogP contribution in [-0.2, 0) is 20.9 Å². The van der Waals surface area contributed by atoms with Gasteiger partial charge in [-0.05, 0) is 86.5 Å². The summed E-state index contributed by atoms with van der Waals surface area (Å²) in [6.07, 6.45) is 1.59. The molecule has 2 N–H and O–H groups in total. The minimum Gasteiger partial charge on any atom is -0.490 e. The van der Waals surface area contributed by atoms with E-state index in [1.807, 2.05) is 50.2 Å². The lowest BCUT2D eigenvalue weighted by Gasteiger charge is -2.63. The molecule has 3 aromatic carbocycles. The Hall–Kier alpha value is -5.62. The SMILES string of the molecule is Cc1cc(OC2C(C)(C)C(NC(=O)c3ccc(CN4CCOC[C@@H]4CN(C)C4CC(Oc5ccc6c(c5)C(=O)N(C5CCC(=O)NC5=O)C6=O)C4)cc3)C2(C)C)cc(C)c1C#N. The van der Waals surface area contributed by atoms with Crippen LogP contribution in [-0.4, -0.2) is 114 Å². The lowest BCUT2D eigenvalue weighted by Crippen LogP contribution is -2.74. The van der Waals surface area contributed by atoms with E-state index >= 15 is 0 Å². The Morgan fingerprint density at radius 3 is 2.27 bits per heavy atom. The summed E-state index contributed by atoms with van der Waals surface area (Å²) in [5, 5.41) is 15.0. The first-order valence-electron chi connectivity index (χ1n) is 21.6. The molecule has 62 heavy (non-hydrogen) atoms. The summed E-state index contributed by atoms with van der Waals surface area (Å²) in [7, 11) is 2.12. The van der Waals surface area contributed by atoms with Crippen LogP contribution in [0.4, 0.5) is 0 Å². The molecule has 5 aliphatic rings. The fourth-order valence-electron chi connectivity index (χ4n) is 10.6. The van der Waals surface area contributed by atoms with Crippen LogP contribution >= 0.6 is 0 Å². The van der Waals surface area contributed by atoms with Gasteiger partial charge >= 0.3 is 0 Å². The smallest absolute Gasteiger partial charge is 0.262 e. The highest BCUT2D eigenvalue weighted by molar-refractivity contribution is 6.23. The van der Waals surface area contributed by atoms with Crippen molar-refractivity contribution in [2.75, 3.05) is 33.4 Å². The number of nitriles is 1. The molecule has 0 spiro atoms. The molecule has 14 heteroatoms. The summed E-state index contributed by atoms with van der Waals surface area (Å²) < 4.78 is 18.7. The highest BCUT2D eigenvalue weighted by Gasteiger charge is 2.64. The highest BCUT2D eigenvalue weighted by Crippen LogP contribution is 2.55. The van der Waals surface area contributed by atoms with E-state index in [1.165, 1.54) is 0 Å². The Morgan fingerprint density at radius 2 is 1.61 bits per heavy atom. The first-order valence-corrected chi connectivity index (χ1v) is 21.6. The number of rotatable bonds is 12. The van der Waals surface area contributed by atoms with Crippen molar-refractivity contribution >= 4 is 29.5 Å². The average Bonchev–Trinajstić information content (AvgIpc) is 3.45. The van der Waals surface area contributed by atoms with E-state index in [0.29, 0.717) is 36.1 Å². The zero-order valence-electron chi connectivity index (χ0n) is 36.6. The van der Waals surface area contributed by atoms with Gasteiger partial charge in [0.1, 0.15) is 29.7 Å². The third-order valence-corrected chi connectivity index (χ3v) is 13.8. The number of aryl methyl sites for hydroxylation is 2. The van der Waals surface area contributed by atoms with E-state index in [1.54, 1.807) is 18.2 Å². The summed E-state index contributed by atoms with van der Waals surface area (Å²) in [6.45, 7) is 16.0. The third-order valence-electron chi connectivity index (χ3n) is 13.8. The second-order valence-electron chi connectivity index (χ2n) is 18.9. The fraction of sp³-hybridized carbons (Fsp3) is 0.500. The van der Waals surface area contributed by atoms with Crippen LogP contribution in [0.1, 0.15) is 107 Å². The van der Waals surface area contributed by atoms with Crippen molar-refractivity contribution in [3.8, 4) is 17.6 Å². The number of nitrogens with one attached hydrogen (secondary N) is 2. The number of imide groups is 2. The number of hydrogen-bond donors (Lipinski definition) is 2. The number of piperidine rings is 1. The lowest BCUT2D eigenvalue weighted by molar-refractivity contribution is -0.164. The normalized spacial score (nSPS) is 26.5. The predicted octanol–water partition coefficient (Wildman–Crippen LogP) is 4.93. The number of benzene rings is 3. The number of amides is 5. The van der Waals surface area contributed by atoms with E-state index in [2.05, 4.69) is 61.2 Å². The van der Waals surface area contributed by atoms with Crippen molar-refractivity contribution < 1.29 is 38.2 Å². The Balaban J connectivity index is 0.814. The number of morpholine rings is 1. The van der Waals surface area contributed by atoms with E-state index in [4.69, 9.17) is 14.2 Å². The van der Waals surface area contributed by atoms with Gasteiger partial charge in [-0.1, -0.05) is 39.8 Å². The summed E-state index contributed by atoms with van der Waals surface area (Å²) in [6, 6.07) is 18.2. The van der Waals surface area contributed by atoms with Gasteiger partial charge in [-0.25, -0.2) is 0 Å². The lowest BCUT2D eigenvalue weighted by atomic mass is 9.49. The highest BCUT2D eigenvalue weighted by atomic mass is 16.5. The number of fused-ring (bicyclic) bond motifs is 1. The molecule has 2 saturated carbocycles. The first kappa shape index (κ1) is 43.0. The molecule has 1 unspecified atom stereocenters. The zero-order chi connectivity index (χ0) is 44.2. The van der Waals surface area contributed by atoms with Crippen molar-refractivity contribution in [1.82, 2.24) is 25.3 Å². The Labute approximate surface area is 362 Å². The number of nitrogens with zero attached hydrogens (tertiary/aromatic N) is 4. The second kappa shape index (κ2) is 16.6. The van der Waals surface area contributed by atoms with Gasteiger partial charge in [-0.2, -0.15) is 5.26 Å². The third kappa shape index (κ3) is 7.98. The van der Waals surface area contributed by atoms with E-state index < -0.39 is 29.7 Å². The number of likely N-dealkylation sites (N-methyl/N-ethyl adjacent to an activating group) is 1. The van der Waals surface area contributed by atoms with Gasteiger partial charge in [0.2, 0.25) is 11.8 Å². The molecule has 8 rings (SSSR count). The van der Waals surface area contributed by atoms with Gasteiger partial charge in [0, 0.05) is 73.4 Å². The molecule has 0 aromatic heterocycles. The largest absolute Gasteiger partial charge is 0.490 e. The van der Waals surface area contributed by atoms with Crippen LogP contribution in [0.3, 0.4) is 0 Å². The molecule has 5 amide bonds. The van der Waals surface area contributed by atoms with Gasteiger partial charge in [-0.3, -0.25) is 39.1 Å². The molecule has 3 aromatic rings. The fourth-order valence-corrected chi connectivity index (χ4v) is 10.6. The maximum atomic E-state index is 13.6. The number of carbonyl (C=O) groups is 5. The van der Waals surface area contributed by atoms with Crippen molar-refractivity contribution in [1.29, 1.82) is 5.26 Å². The number of ether oxygens (including phenoxy) is 3. The van der Waals surface area contributed by atoms with E-state index in [0.717, 1.165) is 59.8 Å². The van der Waals surface area contributed by atoms with Crippen LogP contribution in [0, 0.1) is 36.0 Å². The minimum absolute atomic E-state index is 0.0490. The van der Waals surface area contributed by atoms with Crippen molar-refractivity contribution in [2.24, 2.45) is 10.8 Å². The quantitative estimate of drug-likeness (QED) is 0.237. The monoisotopic (exact) mass is 844 g/mol. The van der Waals surface area contributed by atoms with Gasteiger partial charge in [0.05, 0.1) is 36.0 Å². The molecule has 3 heterocycles. The topological polar surface area (TPSA) is 171 Å². The van der Waals surface area contributed by atoms with Crippen LogP contribution in [0.15, 0.2) is 54.6 Å². The molecule has 2 atom stereocenters. The van der Waals surface area contributed by atoms with E-state index in [-0.39, 0.29) is 65.0 Å². The van der Waals surface area contributed by atoms with Gasteiger partial charge < -0.3 is 24.4 Å². The standard InChI is InChI=1S/C48H56N6O8/c1-27-18-34(19-28(2)38(27)23-49)62-46-47(3,4)45(48(46,5)6)51-41(56)30-10-8-29(9-11-30)24-53-16-17-60-26-32(53)25-52(7)31-20-35(21-31)61-33-12-13-36-37(22-33)44(59)54(43(36)58)39-14-15-40(55)50-42(39)57/h8-13,18-19,22,31-32,35,39,45-46H,14-17,20-21,24-26H2,1-7H3,(H,51,56)(H,50,55,57)/t31?,32-,35?,39?,45?,46?/m0/s1. The molecule has 0 bridgehead atoms. The second-order valence-corrected chi connectivity index (χ2v) is 18.9. The van der Waals surface area contributed by atoms with Gasteiger partial charge in [0.25, 0.3) is 17.7 Å². The Morgan fingerprint density at radius 1 is 0.935 bits per heavy atom. The van der Waals surface area contributed by atoms with Crippen molar-refractivity contribution in [2.45, 2.75) is 110 Å². The summed E-state index contributed by atoms with van der Waals surface area (Å²) in [4.78, 5) is 69.8. The minimum atomic E-state index is -1.01. The predicted molar refractivity (Wildman–Crippen MR) is 229 cm³/mol. The Kier molecular flexibility index (Phi) is 11.5. The average molecular weight is 845 g/mol. The summed E-state index contributed by atoms with van der Waals surface area (Å²) >= 11 is 0. The molecule has 14 nitrogen and oxygen atoms in total. The van der Waals surface area contributed by atoms with Crippen molar-refractivity contribution in [3.63, 3.8) is 0 Å². The van der Waals surface area contributed by atoms with Gasteiger partial charge in [0.15, 0.2) is 0 Å². The van der Waals surface area contributed by atoms with Crippen LogP contribution in [0.2, 0.25) is 0 Å². The molecule has 2 aliphatic carbocycles. The molecule has 326 valence electrons. The first-order chi connectivity index (χ1) is 29.5. The van der Waals surface area contributed by atoms with Crippen LogP contribution < -0.4 is 20.1 Å². The summed E-state index contributed by atoms with van der Waals surface area (Å²) in [5.74, 6) is -1.02. The maximum Gasteiger partial charge on any atom is 0.262 e. The summed E-state index contributed by atoms with van der Waals surface area (Å²) in [5.41, 5.74) is 3.93. The molecular weight excluding hydrogens is 789 g/mol. The molecule has 4 fully saturated rings.